The highest BCUT2D eigenvalue weighted by Gasteiger charge is 2.23. The maximum atomic E-state index is 6.55. The van der Waals surface area contributed by atoms with E-state index in [1.54, 1.807) is 0 Å². The number of pyridine rings is 1. The van der Waals surface area contributed by atoms with Gasteiger partial charge in [0.2, 0.25) is 0 Å². The van der Waals surface area contributed by atoms with Gasteiger partial charge in [-0.2, -0.15) is 0 Å². The largest absolute Gasteiger partial charge is 0.463 e. The number of halogens is 1. The number of fused-ring (bicyclic) bond motifs is 3. The molecule has 190 valence electrons. The van der Waals surface area contributed by atoms with Gasteiger partial charge in [-0.1, -0.05) is 91.0 Å². The van der Waals surface area contributed by atoms with E-state index in [2.05, 4.69) is 126 Å². The minimum absolute atomic E-state index is 0.861. The van der Waals surface area contributed by atoms with E-state index in [0.29, 0.717) is 0 Å². The molecule has 0 radical (unpaired) electrons. The van der Waals surface area contributed by atoms with Crippen molar-refractivity contribution >= 4 is 65.5 Å². The molecule has 0 bridgehead atoms. The average Bonchev–Trinajstić information content (AvgIpc) is 2.95. The molecule has 6 rings (SSSR count). The van der Waals surface area contributed by atoms with Crippen molar-refractivity contribution in [3.8, 4) is 22.4 Å². The summed E-state index contributed by atoms with van der Waals surface area (Å²) in [4.78, 5) is 4.79. The molecule has 2 nitrogen and oxygen atoms in total. The molecular formula is C35H27INOP. The third kappa shape index (κ3) is 4.97. The summed E-state index contributed by atoms with van der Waals surface area (Å²) in [6.07, 6.45) is 3.86. The fraction of sp³-hybridized carbons (Fsp3) is 0.0571. The summed E-state index contributed by atoms with van der Waals surface area (Å²) in [5.74, 6) is -0.174. The second kappa shape index (κ2) is 10.9. The minimum Gasteiger partial charge on any atom is -0.463 e. The lowest BCUT2D eigenvalue weighted by molar-refractivity contribution is 0.491. The van der Waals surface area contributed by atoms with Gasteiger partial charge in [0.15, 0.2) is 5.79 Å². The number of aromatic nitrogens is 1. The predicted octanol–water partition coefficient (Wildman–Crippen LogP) is 10.7. The van der Waals surface area contributed by atoms with Gasteiger partial charge >= 0.3 is 0 Å². The zero-order chi connectivity index (χ0) is 26.9. The van der Waals surface area contributed by atoms with Crippen LogP contribution in [0, 0.1) is 0 Å². The molecule has 39 heavy (non-hydrogen) atoms. The van der Waals surface area contributed by atoms with Gasteiger partial charge < -0.3 is 4.52 Å². The van der Waals surface area contributed by atoms with Crippen molar-refractivity contribution in [1.29, 1.82) is 0 Å². The molecule has 1 heterocycles. The van der Waals surface area contributed by atoms with Gasteiger partial charge in [-0.25, -0.2) is 0 Å². The van der Waals surface area contributed by atoms with E-state index < -0.39 is 5.79 Å². The Balaban J connectivity index is 1.73. The molecule has 0 saturated heterocycles. The molecule has 0 spiro atoms. The lowest BCUT2D eigenvalue weighted by atomic mass is 9.88. The van der Waals surface area contributed by atoms with E-state index in [0.717, 1.165) is 27.9 Å². The predicted molar refractivity (Wildman–Crippen MR) is 178 cm³/mol. The van der Waals surface area contributed by atoms with Gasteiger partial charge in [-0.05, 0) is 110 Å². The Bertz CT molecular complexity index is 1840. The molecule has 0 fully saturated rings. The van der Waals surface area contributed by atoms with Crippen LogP contribution in [0.1, 0.15) is 13.8 Å². The third-order valence-corrected chi connectivity index (χ3v) is 10.2. The third-order valence-electron chi connectivity index (χ3n) is 6.85. The summed E-state index contributed by atoms with van der Waals surface area (Å²) in [5.41, 5.74) is 5.51. The van der Waals surface area contributed by atoms with Gasteiger partial charge in [0.05, 0.1) is 11.5 Å². The Kier molecular flexibility index (Phi) is 7.20. The van der Waals surface area contributed by atoms with Gasteiger partial charge in [-0.15, -0.1) is 0 Å². The summed E-state index contributed by atoms with van der Waals surface area (Å²) < 4.78 is 6.55. The molecule has 0 N–H and O–H groups in total. The normalized spacial score (nSPS) is 12.6. The van der Waals surface area contributed by atoms with Crippen molar-refractivity contribution in [2.24, 2.45) is 0 Å². The molecule has 1 atom stereocenters. The maximum absolute atomic E-state index is 6.55. The smallest absolute Gasteiger partial charge is 0.183 e. The molecule has 5 aromatic carbocycles. The highest BCUT2D eigenvalue weighted by Crippen LogP contribution is 2.52. The lowest BCUT2D eigenvalue weighted by Gasteiger charge is -2.22. The van der Waals surface area contributed by atoms with Crippen LogP contribution in [0.3, 0.4) is 0 Å². The summed E-state index contributed by atoms with van der Waals surface area (Å²) >= 11 is 2.47. The summed E-state index contributed by atoms with van der Waals surface area (Å²) in [6, 6.07) is 36.8. The monoisotopic (exact) mass is 635 g/mol. The number of hydrogen-bond donors (Lipinski definition) is 0. The molecule has 0 amide bonds. The van der Waals surface area contributed by atoms with Gasteiger partial charge in [0, 0.05) is 17.1 Å². The maximum Gasteiger partial charge on any atom is 0.183 e. The van der Waals surface area contributed by atoms with Crippen LogP contribution in [0.15, 0.2) is 133 Å². The van der Waals surface area contributed by atoms with Gasteiger partial charge in [0.25, 0.3) is 0 Å². The first-order valence-corrected chi connectivity index (χ1v) is 16.9. The highest BCUT2D eigenvalue weighted by molar-refractivity contribution is 14.2. The zero-order valence-corrected chi connectivity index (χ0v) is 24.9. The fourth-order valence-electron chi connectivity index (χ4n) is 5.34. The number of hydrogen-bond acceptors (Lipinski definition) is 2. The summed E-state index contributed by atoms with van der Waals surface area (Å²) in [5, 5.41) is 8.50. The van der Waals surface area contributed by atoms with Crippen LogP contribution in [0.5, 0.6) is 0 Å². The van der Waals surface area contributed by atoms with Crippen molar-refractivity contribution in [3.63, 3.8) is 0 Å². The lowest BCUT2D eigenvalue weighted by Crippen LogP contribution is -2.08. The van der Waals surface area contributed by atoms with Crippen molar-refractivity contribution in [2.45, 2.75) is 13.8 Å². The fourth-order valence-corrected chi connectivity index (χ4v) is 8.46. The van der Waals surface area contributed by atoms with E-state index in [1.807, 2.05) is 32.2 Å². The molecule has 0 aliphatic heterocycles. The van der Waals surface area contributed by atoms with Crippen molar-refractivity contribution in [3.05, 3.63) is 133 Å². The van der Waals surface area contributed by atoms with Crippen LogP contribution in [-0.2, 0) is 4.52 Å². The van der Waals surface area contributed by atoms with Crippen LogP contribution in [0.4, 0.5) is 0 Å². The first-order chi connectivity index (χ1) is 19.0. The second-order valence-corrected chi connectivity index (χ2v) is 13.5. The van der Waals surface area contributed by atoms with Crippen LogP contribution in [0.25, 0.3) is 54.7 Å². The molecule has 0 aliphatic rings. The van der Waals surface area contributed by atoms with E-state index in [4.69, 9.17) is 9.51 Å². The van der Waals surface area contributed by atoms with Crippen LogP contribution >= 0.6 is 27.8 Å². The van der Waals surface area contributed by atoms with E-state index >= 15 is 0 Å². The van der Waals surface area contributed by atoms with Crippen molar-refractivity contribution in [2.75, 3.05) is 0 Å². The van der Waals surface area contributed by atoms with Crippen molar-refractivity contribution < 1.29 is 4.52 Å². The Hall–Kier alpha value is -3.53. The Labute approximate surface area is 243 Å². The molecule has 4 heteroatoms. The highest BCUT2D eigenvalue weighted by atomic mass is 127. The van der Waals surface area contributed by atoms with Gasteiger partial charge in [0.1, 0.15) is 0 Å². The minimum atomic E-state index is -1.04. The summed E-state index contributed by atoms with van der Waals surface area (Å²) in [7, 11) is 0. The van der Waals surface area contributed by atoms with Crippen LogP contribution in [-0.4, -0.2) is 4.98 Å². The number of benzene rings is 5. The number of allylic oxidation sites excluding steroid dienone is 3. The number of nitrogens with zero attached hydrogens (tertiary/aromatic N) is 1. The zero-order valence-electron chi connectivity index (χ0n) is 21.9. The van der Waals surface area contributed by atoms with Crippen LogP contribution in [0.2, 0.25) is 0 Å². The molecular weight excluding hydrogens is 608 g/mol. The molecule has 0 saturated carbocycles. The van der Waals surface area contributed by atoms with Crippen LogP contribution < -0.4 is 5.30 Å². The Morgan fingerprint density at radius 1 is 0.744 bits per heavy atom. The number of rotatable bonds is 6. The summed E-state index contributed by atoms with van der Waals surface area (Å²) in [6.45, 7) is 8.02. The topological polar surface area (TPSA) is 22.1 Å². The van der Waals surface area contributed by atoms with E-state index in [1.165, 1.54) is 43.4 Å². The standard InChI is InChI=1S/C35H27INOP/c1-23(2)20-24(3)38-39(36)33-22-31(29-16-8-9-17-30(29)35(33)32-18-10-11-19-37-32)34-27-14-6-4-12-25(27)21-26-13-5-7-15-28(26)34/h4-22H,1H2,2-3H3/b24-20-. The average molecular weight is 635 g/mol. The first-order valence-electron chi connectivity index (χ1n) is 12.9. The quantitative estimate of drug-likeness (QED) is 0.0598. The molecule has 1 aromatic heterocycles. The van der Waals surface area contributed by atoms with E-state index in [9.17, 15) is 0 Å². The Morgan fingerprint density at radius 3 is 1.95 bits per heavy atom. The Morgan fingerprint density at radius 2 is 1.33 bits per heavy atom. The molecule has 1 unspecified atom stereocenters. The van der Waals surface area contributed by atoms with Gasteiger partial charge in [-0.3, -0.25) is 4.98 Å². The SMILES string of the molecule is C=C(C)/C=C(/C)OP(I)c1cc(-c2c3ccccc3cc3ccccc23)c2ccccc2c1-c1ccccn1. The molecule has 0 aliphatic carbocycles. The van der Waals surface area contributed by atoms with Crippen molar-refractivity contribution in [1.82, 2.24) is 4.98 Å². The first kappa shape index (κ1) is 25.7. The van der Waals surface area contributed by atoms with E-state index in [-0.39, 0.29) is 0 Å². The second-order valence-electron chi connectivity index (χ2n) is 9.71. The molecule has 6 aromatic rings.